The number of pyridine rings is 1. The Bertz CT molecular complexity index is 642. The van der Waals surface area contributed by atoms with Gasteiger partial charge in [0, 0.05) is 5.39 Å². The van der Waals surface area contributed by atoms with Gasteiger partial charge in [0.05, 0.1) is 12.6 Å². The molecule has 0 aliphatic rings. The van der Waals surface area contributed by atoms with E-state index in [1.165, 1.54) is 7.11 Å². The van der Waals surface area contributed by atoms with E-state index in [0.717, 1.165) is 16.5 Å². The number of methoxy groups -OCH3 is 1. The minimum atomic E-state index is -1.03. The van der Waals surface area contributed by atoms with Crippen molar-refractivity contribution in [1.29, 1.82) is 0 Å². The molecule has 0 saturated carbocycles. The van der Waals surface area contributed by atoms with Crippen molar-refractivity contribution in [3.63, 3.8) is 0 Å². The van der Waals surface area contributed by atoms with Crippen LogP contribution in [0.2, 0.25) is 0 Å². The molecule has 0 aliphatic carbocycles. The van der Waals surface area contributed by atoms with E-state index in [4.69, 9.17) is 9.84 Å². The summed E-state index contributed by atoms with van der Waals surface area (Å²) in [6.45, 7) is 6.29. The lowest BCUT2D eigenvalue weighted by molar-refractivity contribution is 0.0692. The average molecular weight is 259 g/mol. The molecule has 0 unspecified atom stereocenters. The molecule has 0 fully saturated rings. The van der Waals surface area contributed by atoms with Gasteiger partial charge >= 0.3 is 5.97 Å². The van der Waals surface area contributed by atoms with Crippen LogP contribution in [0.1, 0.15) is 36.7 Å². The maximum atomic E-state index is 11.2. The van der Waals surface area contributed by atoms with E-state index in [-0.39, 0.29) is 16.9 Å². The Hall–Kier alpha value is -2.10. The van der Waals surface area contributed by atoms with Gasteiger partial charge in [-0.05, 0) is 17.0 Å². The summed E-state index contributed by atoms with van der Waals surface area (Å²) in [6.07, 6.45) is 0. The topological polar surface area (TPSA) is 59.4 Å². The van der Waals surface area contributed by atoms with Crippen LogP contribution in [0.15, 0.2) is 24.3 Å². The lowest BCUT2D eigenvalue weighted by Gasteiger charge is -2.21. The number of hydrogen-bond acceptors (Lipinski definition) is 3. The normalized spacial score (nSPS) is 11.6. The second-order valence-electron chi connectivity index (χ2n) is 5.48. The third-order valence-electron chi connectivity index (χ3n) is 3.04. The average Bonchev–Trinajstić information content (AvgIpc) is 2.35. The molecule has 0 spiro atoms. The Kier molecular flexibility index (Phi) is 3.18. The van der Waals surface area contributed by atoms with Gasteiger partial charge < -0.3 is 9.84 Å². The second kappa shape index (κ2) is 4.53. The summed E-state index contributed by atoms with van der Waals surface area (Å²) in [5, 5.41) is 9.98. The number of benzene rings is 1. The zero-order chi connectivity index (χ0) is 14.2. The van der Waals surface area contributed by atoms with Crippen molar-refractivity contribution in [1.82, 2.24) is 4.98 Å². The first kappa shape index (κ1) is 13.3. The summed E-state index contributed by atoms with van der Waals surface area (Å²) >= 11 is 0. The molecule has 1 aromatic heterocycles. The number of para-hydroxylation sites is 1. The molecule has 2 rings (SSSR count). The van der Waals surface area contributed by atoms with Crippen molar-refractivity contribution in [3.05, 3.63) is 35.4 Å². The summed E-state index contributed by atoms with van der Waals surface area (Å²) in [4.78, 5) is 15.6. The standard InChI is InChI=1S/C15H17NO3/c1-15(2,3)11-7-5-6-9-8-10(14(17)18)13(19-4)16-12(9)11/h5-8H,1-4H3,(H,17,18). The Morgan fingerprint density at radius 3 is 2.53 bits per heavy atom. The van der Waals surface area contributed by atoms with Gasteiger partial charge in [0.2, 0.25) is 5.88 Å². The SMILES string of the molecule is COc1nc2c(C(C)(C)C)cccc2cc1C(=O)O. The minimum Gasteiger partial charge on any atom is -0.480 e. The van der Waals surface area contributed by atoms with Crippen molar-refractivity contribution < 1.29 is 14.6 Å². The quantitative estimate of drug-likeness (QED) is 0.899. The Morgan fingerprint density at radius 1 is 1.32 bits per heavy atom. The number of fused-ring (bicyclic) bond motifs is 1. The molecule has 0 aliphatic heterocycles. The Balaban J connectivity index is 2.82. The molecule has 2 aromatic rings. The molecule has 0 atom stereocenters. The fourth-order valence-electron chi connectivity index (χ4n) is 2.10. The van der Waals surface area contributed by atoms with E-state index >= 15 is 0 Å². The van der Waals surface area contributed by atoms with E-state index in [2.05, 4.69) is 25.8 Å². The lowest BCUT2D eigenvalue weighted by Crippen LogP contribution is -2.13. The van der Waals surface area contributed by atoms with Crippen LogP contribution in [-0.4, -0.2) is 23.2 Å². The Morgan fingerprint density at radius 2 is 2.00 bits per heavy atom. The summed E-state index contributed by atoms with van der Waals surface area (Å²) in [6, 6.07) is 7.40. The molecule has 1 N–H and O–H groups in total. The van der Waals surface area contributed by atoms with Gasteiger partial charge in [-0.25, -0.2) is 9.78 Å². The first-order chi connectivity index (χ1) is 8.84. The number of carboxylic acids is 1. The molecule has 4 heteroatoms. The molecular formula is C15H17NO3. The van der Waals surface area contributed by atoms with Gasteiger partial charge in [-0.2, -0.15) is 0 Å². The number of nitrogens with zero attached hydrogens (tertiary/aromatic N) is 1. The zero-order valence-corrected chi connectivity index (χ0v) is 11.5. The maximum absolute atomic E-state index is 11.2. The van der Waals surface area contributed by atoms with E-state index in [1.54, 1.807) is 6.07 Å². The number of hydrogen-bond donors (Lipinski definition) is 1. The number of aromatic nitrogens is 1. The molecule has 0 radical (unpaired) electrons. The van der Waals surface area contributed by atoms with Crippen molar-refractivity contribution in [2.45, 2.75) is 26.2 Å². The largest absolute Gasteiger partial charge is 0.480 e. The highest BCUT2D eigenvalue weighted by Crippen LogP contribution is 2.31. The zero-order valence-electron chi connectivity index (χ0n) is 11.5. The number of ether oxygens (including phenoxy) is 1. The summed E-state index contributed by atoms with van der Waals surface area (Å²) in [5.41, 5.74) is 1.88. The van der Waals surface area contributed by atoms with Gasteiger partial charge in [-0.1, -0.05) is 39.0 Å². The van der Waals surface area contributed by atoms with Crippen molar-refractivity contribution in [3.8, 4) is 5.88 Å². The van der Waals surface area contributed by atoms with Crippen LogP contribution in [-0.2, 0) is 5.41 Å². The molecule has 0 saturated heterocycles. The summed E-state index contributed by atoms with van der Waals surface area (Å²) in [7, 11) is 1.43. The van der Waals surface area contributed by atoms with Gasteiger partial charge in [0.1, 0.15) is 5.56 Å². The maximum Gasteiger partial charge on any atom is 0.341 e. The van der Waals surface area contributed by atoms with Crippen LogP contribution in [0.4, 0.5) is 0 Å². The van der Waals surface area contributed by atoms with Crippen LogP contribution in [0.5, 0.6) is 5.88 Å². The molecule has 1 heterocycles. The number of carbonyl (C=O) groups is 1. The first-order valence-corrected chi connectivity index (χ1v) is 6.06. The number of aromatic carboxylic acids is 1. The van der Waals surface area contributed by atoms with Crippen molar-refractivity contribution in [2.24, 2.45) is 0 Å². The summed E-state index contributed by atoms with van der Waals surface area (Å²) in [5.74, 6) is -0.885. The molecule has 4 nitrogen and oxygen atoms in total. The highest BCUT2D eigenvalue weighted by Gasteiger charge is 2.20. The third-order valence-corrected chi connectivity index (χ3v) is 3.04. The molecule has 1 aromatic carbocycles. The highest BCUT2D eigenvalue weighted by atomic mass is 16.5. The Labute approximate surface area is 112 Å². The molecular weight excluding hydrogens is 242 g/mol. The predicted octanol–water partition coefficient (Wildman–Crippen LogP) is 3.24. The third kappa shape index (κ3) is 2.38. The van der Waals surface area contributed by atoms with Crippen LogP contribution in [0.3, 0.4) is 0 Å². The fourth-order valence-corrected chi connectivity index (χ4v) is 2.10. The summed E-state index contributed by atoms with van der Waals surface area (Å²) < 4.78 is 5.09. The fraction of sp³-hybridized carbons (Fsp3) is 0.333. The van der Waals surface area contributed by atoms with Gasteiger partial charge in [-0.15, -0.1) is 0 Å². The second-order valence-corrected chi connectivity index (χ2v) is 5.48. The first-order valence-electron chi connectivity index (χ1n) is 6.06. The van der Waals surface area contributed by atoms with Crippen molar-refractivity contribution in [2.75, 3.05) is 7.11 Å². The number of rotatable bonds is 2. The molecule has 0 amide bonds. The monoisotopic (exact) mass is 259 g/mol. The smallest absolute Gasteiger partial charge is 0.341 e. The van der Waals surface area contributed by atoms with Crippen LogP contribution in [0.25, 0.3) is 10.9 Å². The van der Waals surface area contributed by atoms with Crippen LogP contribution < -0.4 is 4.74 Å². The van der Waals surface area contributed by atoms with E-state index in [9.17, 15) is 4.79 Å². The van der Waals surface area contributed by atoms with Crippen LogP contribution >= 0.6 is 0 Å². The van der Waals surface area contributed by atoms with Crippen LogP contribution in [0, 0.1) is 0 Å². The van der Waals surface area contributed by atoms with Gasteiger partial charge in [-0.3, -0.25) is 0 Å². The van der Waals surface area contributed by atoms with E-state index in [0.29, 0.717) is 0 Å². The van der Waals surface area contributed by atoms with Gasteiger partial charge in [0.15, 0.2) is 0 Å². The van der Waals surface area contributed by atoms with E-state index < -0.39 is 5.97 Å². The highest BCUT2D eigenvalue weighted by molar-refractivity contribution is 5.96. The van der Waals surface area contributed by atoms with Gasteiger partial charge in [0.25, 0.3) is 0 Å². The van der Waals surface area contributed by atoms with Crippen molar-refractivity contribution >= 4 is 16.9 Å². The predicted molar refractivity (Wildman–Crippen MR) is 74.0 cm³/mol. The number of carboxylic acid groups (broad SMARTS) is 1. The minimum absolute atomic E-state index is 0.0672. The van der Waals surface area contributed by atoms with E-state index in [1.807, 2.05) is 18.2 Å². The lowest BCUT2D eigenvalue weighted by atomic mass is 9.85. The molecule has 0 bridgehead atoms. The molecule has 19 heavy (non-hydrogen) atoms. The molecule has 100 valence electrons.